The van der Waals surface area contributed by atoms with Gasteiger partial charge in [-0.05, 0) is 101 Å². The monoisotopic (exact) mass is 566 g/mol. The van der Waals surface area contributed by atoms with Gasteiger partial charge in [0, 0.05) is 4.86 Å². The zero-order chi connectivity index (χ0) is 30.6. The average molecular weight is 567 g/mol. The lowest BCUT2D eigenvalue weighted by molar-refractivity contribution is 0.377. The normalized spacial score (nSPS) is 21.8. The summed E-state index contributed by atoms with van der Waals surface area (Å²) in [6.45, 7) is 22.4. The Labute approximate surface area is 258 Å². The number of hydrogen-bond acceptors (Lipinski definition) is 1. The maximum Gasteiger partial charge on any atom is 0.0184 e. The summed E-state index contributed by atoms with van der Waals surface area (Å²) in [4.78, 5) is 1.11. The van der Waals surface area contributed by atoms with E-state index in [9.17, 15) is 0 Å². The third kappa shape index (κ3) is 11.6. The van der Waals surface area contributed by atoms with E-state index in [0.29, 0.717) is 0 Å². The molecule has 0 bridgehead atoms. The van der Waals surface area contributed by atoms with Gasteiger partial charge in [0.1, 0.15) is 0 Å². The summed E-state index contributed by atoms with van der Waals surface area (Å²) in [5.74, 6) is 0. The first kappa shape index (κ1) is 34.4. The van der Waals surface area contributed by atoms with Gasteiger partial charge in [-0.15, -0.1) is 0 Å². The lowest BCUT2D eigenvalue weighted by Crippen LogP contribution is -2.23. The molecule has 0 aromatic heterocycles. The van der Waals surface area contributed by atoms with Crippen molar-refractivity contribution in [3.05, 3.63) is 130 Å². The molecule has 220 valence electrons. The molecule has 2 rings (SSSR count). The van der Waals surface area contributed by atoms with Crippen LogP contribution in [0.1, 0.15) is 101 Å². The molecule has 0 aromatic rings. The van der Waals surface area contributed by atoms with Gasteiger partial charge in [0.05, 0.1) is 0 Å². The molecule has 0 spiro atoms. The molecule has 2 aliphatic rings. The van der Waals surface area contributed by atoms with Crippen LogP contribution in [0.25, 0.3) is 0 Å². The average Bonchev–Trinajstić information content (AvgIpc) is 2.88. The van der Waals surface area contributed by atoms with Gasteiger partial charge in [-0.1, -0.05) is 153 Å². The van der Waals surface area contributed by atoms with Crippen LogP contribution < -0.4 is 0 Å². The first-order valence-corrected chi connectivity index (χ1v) is 15.7. The minimum absolute atomic E-state index is 0.184. The number of rotatable bonds is 10. The van der Waals surface area contributed by atoms with E-state index in [2.05, 4.69) is 154 Å². The molecule has 0 unspecified atom stereocenters. The topological polar surface area (TPSA) is 0 Å². The molecule has 0 aromatic carbocycles. The van der Waals surface area contributed by atoms with E-state index >= 15 is 0 Å². The number of allylic oxidation sites excluding steroid dienone is 22. The molecule has 0 atom stereocenters. The highest BCUT2D eigenvalue weighted by Crippen LogP contribution is 2.41. The highest BCUT2D eigenvalue weighted by molar-refractivity contribution is 7.80. The molecule has 0 radical (unpaired) electrons. The van der Waals surface area contributed by atoms with Gasteiger partial charge in [0.25, 0.3) is 0 Å². The molecular formula is C40H54S. The van der Waals surface area contributed by atoms with Crippen molar-refractivity contribution in [2.75, 3.05) is 0 Å². The van der Waals surface area contributed by atoms with Crippen molar-refractivity contribution >= 4 is 17.1 Å². The van der Waals surface area contributed by atoms with E-state index in [1.807, 2.05) is 0 Å². The van der Waals surface area contributed by atoms with Crippen LogP contribution in [0.5, 0.6) is 0 Å². The van der Waals surface area contributed by atoms with Gasteiger partial charge in [0.15, 0.2) is 0 Å². The minimum atomic E-state index is 0.184. The summed E-state index contributed by atoms with van der Waals surface area (Å²) in [7, 11) is 0. The molecule has 41 heavy (non-hydrogen) atoms. The second-order valence-electron chi connectivity index (χ2n) is 13.2. The molecule has 0 fully saturated rings. The Bertz CT molecular complexity index is 1300. The van der Waals surface area contributed by atoms with Crippen molar-refractivity contribution in [2.45, 2.75) is 101 Å². The van der Waals surface area contributed by atoms with E-state index in [1.165, 1.54) is 58.3 Å². The second-order valence-corrected chi connectivity index (χ2v) is 13.7. The van der Waals surface area contributed by atoms with Crippen LogP contribution in [-0.4, -0.2) is 4.86 Å². The third-order valence-electron chi connectivity index (χ3n) is 8.36. The van der Waals surface area contributed by atoms with Crippen LogP contribution in [0, 0.1) is 10.8 Å². The van der Waals surface area contributed by atoms with E-state index in [0.717, 1.165) is 17.7 Å². The Morgan fingerprint density at radius 3 is 1.54 bits per heavy atom. The Morgan fingerprint density at radius 1 is 0.585 bits per heavy atom. The SMILES string of the molecule is CC1=C(/C=C/C(C)=C/C=C/C(C)=C/C=C/C=C(C)/C=C/C=C(C)/C=C/C2=C(C)C(=S)CCC2(C)C)C(C)(C)CCC1. The smallest absolute Gasteiger partial charge is 0.0184 e. The standard InChI is InChI=1S/C40H54S/c1-30(18-13-20-32(3)23-25-36-34(5)22-15-28-39(36,7)8)16-11-12-17-31(2)19-14-21-33(4)24-26-37-35(6)38(41)27-29-40(37,9)10/h11-14,16-21,23-26H,15,22,27-29H2,1-10H3/b12-11+,18-13+,19-14+,25-23+,26-24+,30-16+,31-17+,32-20+,33-21+. The first-order valence-electron chi connectivity index (χ1n) is 15.3. The predicted octanol–water partition coefficient (Wildman–Crippen LogP) is 12.6. The summed E-state index contributed by atoms with van der Waals surface area (Å²) < 4.78 is 0. The molecule has 0 heterocycles. The van der Waals surface area contributed by atoms with Crippen molar-refractivity contribution < 1.29 is 0 Å². The fraction of sp³-hybridized carbons (Fsp3) is 0.425. The van der Waals surface area contributed by atoms with Crippen LogP contribution in [0.3, 0.4) is 0 Å². The molecule has 0 N–H and O–H groups in total. The summed E-state index contributed by atoms with van der Waals surface area (Å²) in [5, 5.41) is 0. The predicted molar refractivity (Wildman–Crippen MR) is 189 cm³/mol. The maximum absolute atomic E-state index is 5.57. The van der Waals surface area contributed by atoms with Gasteiger partial charge in [-0.3, -0.25) is 0 Å². The third-order valence-corrected chi connectivity index (χ3v) is 8.87. The Hall–Kier alpha value is -2.77. The zero-order valence-corrected chi connectivity index (χ0v) is 28.3. The number of hydrogen-bond donors (Lipinski definition) is 0. The van der Waals surface area contributed by atoms with Crippen molar-refractivity contribution in [1.29, 1.82) is 0 Å². The Kier molecular flexibility index (Phi) is 13.5. The summed E-state index contributed by atoms with van der Waals surface area (Å²) in [5.41, 5.74) is 11.1. The van der Waals surface area contributed by atoms with E-state index in [4.69, 9.17) is 12.2 Å². The second kappa shape index (κ2) is 16.0. The summed E-state index contributed by atoms with van der Waals surface area (Å²) in [6.07, 6.45) is 36.4. The molecule has 2 aliphatic carbocycles. The highest BCUT2D eigenvalue weighted by Gasteiger charge is 2.29. The number of thiocarbonyl (C=S) groups is 1. The largest absolute Gasteiger partial charge is 0.0846 e. The van der Waals surface area contributed by atoms with Crippen molar-refractivity contribution in [3.8, 4) is 0 Å². The van der Waals surface area contributed by atoms with Crippen molar-refractivity contribution in [2.24, 2.45) is 10.8 Å². The summed E-state index contributed by atoms with van der Waals surface area (Å²) in [6, 6.07) is 0. The Morgan fingerprint density at radius 2 is 1.02 bits per heavy atom. The Balaban J connectivity index is 1.91. The van der Waals surface area contributed by atoms with Crippen LogP contribution >= 0.6 is 12.2 Å². The van der Waals surface area contributed by atoms with Gasteiger partial charge in [0.2, 0.25) is 0 Å². The maximum atomic E-state index is 5.57. The molecule has 1 heteroatoms. The molecule has 0 amide bonds. The fourth-order valence-corrected chi connectivity index (χ4v) is 5.75. The van der Waals surface area contributed by atoms with Crippen LogP contribution in [-0.2, 0) is 0 Å². The van der Waals surface area contributed by atoms with Gasteiger partial charge in [-0.2, -0.15) is 0 Å². The van der Waals surface area contributed by atoms with Crippen molar-refractivity contribution in [1.82, 2.24) is 0 Å². The molecule has 0 saturated carbocycles. The van der Waals surface area contributed by atoms with Crippen molar-refractivity contribution in [3.63, 3.8) is 0 Å². The van der Waals surface area contributed by atoms with Gasteiger partial charge < -0.3 is 0 Å². The molecular weight excluding hydrogens is 513 g/mol. The minimum Gasteiger partial charge on any atom is -0.0846 e. The summed E-state index contributed by atoms with van der Waals surface area (Å²) >= 11 is 5.57. The van der Waals surface area contributed by atoms with Gasteiger partial charge >= 0.3 is 0 Å². The quantitative estimate of drug-likeness (QED) is 0.187. The van der Waals surface area contributed by atoms with Gasteiger partial charge in [-0.25, -0.2) is 0 Å². The highest BCUT2D eigenvalue weighted by atomic mass is 32.1. The van der Waals surface area contributed by atoms with Crippen LogP contribution in [0.4, 0.5) is 0 Å². The van der Waals surface area contributed by atoms with E-state index < -0.39 is 0 Å². The van der Waals surface area contributed by atoms with E-state index in [1.54, 1.807) is 5.57 Å². The lowest BCUT2D eigenvalue weighted by atomic mass is 9.72. The van der Waals surface area contributed by atoms with Crippen LogP contribution in [0.15, 0.2) is 130 Å². The lowest BCUT2D eigenvalue weighted by Gasteiger charge is -2.33. The molecule has 0 saturated heterocycles. The zero-order valence-electron chi connectivity index (χ0n) is 27.5. The first-order chi connectivity index (χ1) is 19.2. The van der Waals surface area contributed by atoms with E-state index in [-0.39, 0.29) is 10.8 Å². The molecule has 0 aliphatic heterocycles. The molecule has 0 nitrogen and oxygen atoms in total. The fourth-order valence-electron chi connectivity index (χ4n) is 5.54. The van der Waals surface area contributed by atoms with Crippen LogP contribution in [0.2, 0.25) is 0 Å².